The second kappa shape index (κ2) is 18.0. The molecule has 0 radical (unpaired) electrons. The smallest absolute Gasteiger partial charge is 0.340 e. The SMILES string of the molecule is CCCCCC[C@@H](C)OC(=O)c1ccc(-c2ccc(CC[C@H]3CC[C@H](OC(=O)[C@@H](F)CCCCC)CC3)cc2)cc1. The Hall–Kier alpha value is -2.69. The highest BCUT2D eigenvalue weighted by Crippen LogP contribution is 2.30. The topological polar surface area (TPSA) is 52.6 Å². The molecule has 1 aliphatic rings. The number of carbonyl (C=O) groups excluding carboxylic acids is 2. The van der Waals surface area contributed by atoms with E-state index in [0.29, 0.717) is 11.5 Å². The van der Waals surface area contributed by atoms with Gasteiger partial charge in [-0.05, 0) is 106 Å². The van der Waals surface area contributed by atoms with Crippen LogP contribution in [0.3, 0.4) is 0 Å². The van der Waals surface area contributed by atoms with Crippen LogP contribution in [0, 0.1) is 5.92 Å². The molecule has 0 unspecified atom stereocenters. The van der Waals surface area contributed by atoms with Crippen molar-refractivity contribution in [2.24, 2.45) is 5.92 Å². The number of unbranched alkanes of at least 4 members (excludes halogenated alkanes) is 5. The lowest BCUT2D eigenvalue weighted by atomic mass is 9.83. The van der Waals surface area contributed by atoms with Crippen LogP contribution in [0.2, 0.25) is 0 Å². The van der Waals surface area contributed by atoms with E-state index in [9.17, 15) is 14.0 Å². The molecule has 0 N–H and O–H groups in total. The van der Waals surface area contributed by atoms with E-state index in [1.807, 2.05) is 31.2 Å². The summed E-state index contributed by atoms with van der Waals surface area (Å²) in [5.74, 6) is -0.306. The van der Waals surface area contributed by atoms with Gasteiger partial charge >= 0.3 is 11.9 Å². The zero-order chi connectivity index (χ0) is 29.5. The van der Waals surface area contributed by atoms with Crippen molar-refractivity contribution in [1.82, 2.24) is 0 Å². The van der Waals surface area contributed by atoms with E-state index < -0.39 is 12.1 Å². The number of alkyl halides is 1. The minimum Gasteiger partial charge on any atom is -0.460 e. The van der Waals surface area contributed by atoms with Gasteiger partial charge in [0.05, 0.1) is 11.7 Å². The number of hydrogen-bond donors (Lipinski definition) is 0. The quantitative estimate of drug-likeness (QED) is 0.141. The lowest BCUT2D eigenvalue weighted by molar-refractivity contribution is -0.157. The Morgan fingerprint density at radius 2 is 1.39 bits per heavy atom. The molecule has 5 heteroatoms. The highest BCUT2D eigenvalue weighted by molar-refractivity contribution is 5.90. The molecule has 0 spiro atoms. The van der Waals surface area contributed by atoms with Crippen LogP contribution >= 0.6 is 0 Å². The van der Waals surface area contributed by atoms with E-state index >= 15 is 0 Å². The first-order chi connectivity index (χ1) is 19.9. The van der Waals surface area contributed by atoms with Crippen molar-refractivity contribution in [3.05, 3.63) is 59.7 Å². The molecule has 0 amide bonds. The standard InChI is InChI=1S/C36H51FO4/c1-4-6-8-10-11-27(3)40-35(38)32-23-21-31(22-24-32)30-19-15-28(16-20-30)13-14-29-17-25-33(26-18-29)41-36(39)34(37)12-9-7-5-2/h15-16,19-24,27,29,33-34H,4-14,17-18,25-26H2,1-3H3/t27-,29-,33-,34+/m1/s1. The number of rotatable bonds is 17. The fraction of sp³-hybridized carbons (Fsp3) is 0.611. The predicted molar refractivity (Wildman–Crippen MR) is 165 cm³/mol. The van der Waals surface area contributed by atoms with Gasteiger partial charge in [0.1, 0.15) is 6.10 Å². The Labute approximate surface area is 247 Å². The van der Waals surface area contributed by atoms with E-state index in [-0.39, 0.29) is 24.6 Å². The Bertz CT molecular complexity index is 1020. The largest absolute Gasteiger partial charge is 0.460 e. The molecule has 0 saturated heterocycles. The van der Waals surface area contributed by atoms with Crippen LogP contribution in [0.4, 0.5) is 4.39 Å². The first kappa shape index (κ1) is 32.8. The normalized spacial score (nSPS) is 18.4. The third kappa shape index (κ3) is 11.6. The average molecular weight is 567 g/mol. The van der Waals surface area contributed by atoms with E-state index in [2.05, 4.69) is 38.1 Å². The van der Waals surface area contributed by atoms with Crippen LogP contribution in [0.1, 0.15) is 127 Å². The van der Waals surface area contributed by atoms with Gasteiger partial charge in [0.2, 0.25) is 0 Å². The molecular weight excluding hydrogens is 515 g/mol. The van der Waals surface area contributed by atoms with Crippen molar-refractivity contribution in [1.29, 1.82) is 0 Å². The summed E-state index contributed by atoms with van der Waals surface area (Å²) in [4.78, 5) is 24.6. The molecule has 3 rings (SSSR count). The maximum Gasteiger partial charge on any atom is 0.340 e. The molecule has 4 nitrogen and oxygen atoms in total. The van der Waals surface area contributed by atoms with Gasteiger partial charge in [0.25, 0.3) is 0 Å². The number of aryl methyl sites for hydroxylation is 1. The summed E-state index contributed by atoms with van der Waals surface area (Å²) >= 11 is 0. The maximum atomic E-state index is 14.0. The fourth-order valence-electron chi connectivity index (χ4n) is 5.67. The van der Waals surface area contributed by atoms with Gasteiger partial charge < -0.3 is 9.47 Å². The molecule has 1 saturated carbocycles. The summed E-state index contributed by atoms with van der Waals surface area (Å²) in [6.07, 6.45) is 12.8. The zero-order valence-corrected chi connectivity index (χ0v) is 25.5. The van der Waals surface area contributed by atoms with Gasteiger partial charge in [0.15, 0.2) is 6.17 Å². The third-order valence-electron chi connectivity index (χ3n) is 8.42. The number of esters is 2. The molecule has 41 heavy (non-hydrogen) atoms. The van der Waals surface area contributed by atoms with Gasteiger partial charge in [-0.25, -0.2) is 14.0 Å². The second-order valence-electron chi connectivity index (χ2n) is 11.9. The first-order valence-corrected chi connectivity index (χ1v) is 16.1. The van der Waals surface area contributed by atoms with E-state index in [0.717, 1.165) is 81.8 Å². The van der Waals surface area contributed by atoms with E-state index in [1.165, 1.54) is 24.8 Å². The number of halogens is 1. The average Bonchev–Trinajstić information content (AvgIpc) is 2.99. The van der Waals surface area contributed by atoms with Crippen LogP contribution < -0.4 is 0 Å². The van der Waals surface area contributed by atoms with Crippen LogP contribution in [0.25, 0.3) is 11.1 Å². The van der Waals surface area contributed by atoms with Crippen LogP contribution in [-0.2, 0) is 20.7 Å². The first-order valence-electron chi connectivity index (χ1n) is 16.1. The highest BCUT2D eigenvalue weighted by Gasteiger charge is 2.27. The fourth-order valence-corrected chi connectivity index (χ4v) is 5.67. The summed E-state index contributed by atoms with van der Waals surface area (Å²) in [5, 5.41) is 0. The maximum absolute atomic E-state index is 14.0. The van der Waals surface area contributed by atoms with Gasteiger partial charge in [-0.3, -0.25) is 0 Å². The number of benzene rings is 2. The van der Waals surface area contributed by atoms with Crippen LogP contribution in [-0.4, -0.2) is 30.3 Å². The summed E-state index contributed by atoms with van der Waals surface area (Å²) < 4.78 is 25.1. The number of carbonyl (C=O) groups is 2. The summed E-state index contributed by atoms with van der Waals surface area (Å²) in [6, 6.07) is 16.3. The summed E-state index contributed by atoms with van der Waals surface area (Å²) in [7, 11) is 0. The van der Waals surface area contributed by atoms with Crippen molar-refractivity contribution in [3.63, 3.8) is 0 Å². The monoisotopic (exact) mass is 566 g/mol. The van der Waals surface area contributed by atoms with E-state index in [4.69, 9.17) is 9.47 Å². The molecule has 1 aliphatic carbocycles. The second-order valence-corrected chi connectivity index (χ2v) is 11.9. The molecule has 0 aromatic heterocycles. The van der Waals surface area contributed by atoms with Crippen molar-refractivity contribution in [2.45, 2.75) is 135 Å². The summed E-state index contributed by atoms with van der Waals surface area (Å²) in [6.45, 7) is 6.23. The van der Waals surface area contributed by atoms with E-state index in [1.54, 1.807) is 0 Å². The van der Waals surface area contributed by atoms with Crippen LogP contribution in [0.15, 0.2) is 48.5 Å². The van der Waals surface area contributed by atoms with Gasteiger partial charge in [0, 0.05) is 0 Å². The number of ether oxygens (including phenoxy) is 2. The summed E-state index contributed by atoms with van der Waals surface area (Å²) in [5.41, 5.74) is 4.10. The zero-order valence-electron chi connectivity index (χ0n) is 25.5. The molecule has 2 aromatic rings. The van der Waals surface area contributed by atoms with Gasteiger partial charge in [-0.2, -0.15) is 0 Å². The van der Waals surface area contributed by atoms with Gasteiger partial charge in [-0.1, -0.05) is 82.3 Å². The van der Waals surface area contributed by atoms with Crippen molar-refractivity contribution < 1.29 is 23.5 Å². The Kier molecular flexibility index (Phi) is 14.4. The Balaban J connectivity index is 1.38. The Morgan fingerprint density at radius 3 is 2.02 bits per heavy atom. The molecule has 2 aromatic carbocycles. The molecule has 2 atom stereocenters. The van der Waals surface area contributed by atoms with Crippen molar-refractivity contribution in [2.75, 3.05) is 0 Å². The molecule has 0 heterocycles. The minimum atomic E-state index is -1.48. The number of hydrogen-bond acceptors (Lipinski definition) is 4. The molecule has 0 aliphatic heterocycles. The lowest BCUT2D eigenvalue weighted by Gasteiger charge is -2.28. The predicted octanol–water partition coefficient (Wildman–Crippen LogP) is 9.82. The molecule has 0 bridgehead atoms. The van der Waals surface area contributed by atoms with Crippen molar-refractivity contribution >= 4 is 11.9 Å². The Morgan fingerprint density at radius 1 is 0.805 bits per heavy atom. The molecular formula is C36H51FO4. The highest BCUT2D eigenvalue weighted by atomic mass is 19.1. The third-order valence-corrected chi connectivity index (χ3v) is 8.42. The minimum absolute atomic E-state index is 0.0617. The molecule has 226 valence electrons. The van der Waals surface area contributed by atoms with Crippen LogP contribution in [0.5, 0.6) is 0 Å². The van der Waals surface area contributed by atoms with Gasteiger partial charge in [-0.15, -0.1) is 0 Å². The molecule has 1 fully saturated rings. The van der Waals surface area contributed by atoms with Crippen molar-refractivity contribution in [3.8, 4) is 11.1 Å². The lowest BCUT2D eigenvalue weighted by Crippen LogP contribution is -2.29.